The van der Waals surface area contributed by atoms with Crippen molar-refractivity contribution in [2.24, 2.45) is 11.5 Å². The SMILES string of the molecule is CC(C)OCCN(C)CC(N)(C(N)=O)c1ccccc1. The molecular weight excluding hydrogens is 254 g/mol. The van der Waals surface area contributed by atoms with Gasteiger partial charge in [0.15, 0.2) is 0 Å². The Morgan fingerprint density at radius 2 is 1.95 bits per heavy atom. The van der Waals surface area contributed by atoms with E-state index in [9.17, 15) is 4.79 Å². The molecule has 0 aliphatic heterocycles. The van der Waals surface area contributed by atoms with E-state index in [1.54, 1.807) is 0 Å². The Morgan fingerprint density at radius 3 is 2.45 bits per heavy atom. The molecule has 0 saturated carbocycles. The fraction of sp³-hybridized carbons (Fsp3) is 0.533. The summed E-state index contributed by atoms with van der Waals surface area (Å²) in [6.07, 6.45) is 0.191. The van der Waals surface area contributed by atoms with Gasteiger partial charge in [0.1, 0.15) is 5.54 Å². The highest BCUT2D eigenvalue weighted by Crippen LogP contribution is 2.18. The molecule has 5 heteroatoms. The molecule has 0 aliphatic carbocycles. The van der Waals surface area contributed by atoms with Gasteiger partial charge in [-0.3, -0.25) is 4.79 Å². The van der Waals surface area contributed by atoms with E-state index >= 15 is 0 Å². The van der Waals surface area contributed by atoms with Crippen molar-refractivity contribution in [3.8, 4) is 0 Å². The zero-order valence-electron chi connectivity index (χ0n) is 12.5. The Bertz CT molecular complexity index is 422. The van der Waals surface area contributed by atoms with Gasteiger partial charge in [-0.2, -0.15) is 0 Å². The van der Waals surface area contributed by atoms with Crippen molar-refractivity contribution in [1.29, 1.82) is 0 Å². The van der Waals surface area contributed by atoms with E-state index < -0.39 is 11.4 Å². The van der Waals surface area contributed by atoms with Gasteiger partial charge in [0.05, 0.1) is 12.7 Å². The number of amides is 1. The molecule has 1 unspecified atom stereocenters. The van der Waals surface area contributed by atoms with E-state index in [-0.39, 0.29) is 6.10 Å². The maximum Gasteiger partial charge on any atom is 0.243 e. The molecule has 0 fully saturated rings. The van der Waals surface area contributed by atoms with Crippen molar-refractivity contribution in [1.82, 2.24) is 4.90 Å². The minimum absolute atomic E-state index is 0.191. The standard InChI is InChI=1S/C15H25N3O2/c1-12(2)20-10-9-18(3)11-15(17,14(16)19)13-7-5-4-6-8-13/h4-8,12H,9-11,17H2,1-3H3,(H2,16,19). The predicted molar refractivity (Wildman–Crippen MR) is 80.1 cm³/mol. The van der Waals surface area contributed by atoms with Crippen LogP contribution in [-0.2, 0) is 15.1 Å². The van der Waals surface area contributed by atoms with Crippen LogP contribution in [0, 0.1) is 0 Å². The molecule has 4 N–H and O–H groups in total. The van der Waals surface area contributed by atoms with Gasteiger partial charge in [-0.1, -0.05) is 30.3 Å². The van der Waals surface area contributed by atoms with Gasteiger partial charge >= 0.3 is 0 Å². The van der Waals surface area contributed by atoms with Crippen LogP contribution >= 0.6 is 0 Å². The number of nitrogens with zero attached hydrogens (tertiary/aromatic N) is 1. The number of carbonyl (C=O) groups excluding carboxylic acids is 1. The zero-order valence-corrected chi connectivity index (χ0v) is 12.5. The first kappa shape index (κ1) is 16.6. The van der Waals surface area contributed by atoms with Crippen molar-refractivity contribution in [2.45, 2.75) is 25.5 Å². The lowest BCUT2D eigenvalue weighted by molar-refractivity contribution is -0.124. The number of nitrogens with two attached hydrogens (primary N) is 2. The van der Waals surface area contributed by atoms with Crippen molar-refractivity contribution in [3.63, 3.8) is 0 Å². The van der Waals surface area contributed by atoms with Crippen molar-refractivity contribution < 1.29 is 9.53 Å². The predicted octanol–water partition coefficient (Wildman–Crippen LogP) is 0.683. The van der Waals surface area contributed by atoms with Crippen LogP contribution in [0.3, 0.4) is 0 Å². The summed E-state index contributed by atoms with van der Waals surface area (Å²) in [6, 6.07) is 9.22. The van der Waals surface area contributed by atoms with E-state index in [1.165, 1.54) is 0 Å². The van der Waals surface area contributed by atoms with Gasteiger partial charge in [0.2, 0.25) is 5.91 Å². The summed E-state index contributed by atoms with van der Waals surface area (Å²) in [5.74, 6) is -0.527. The van der Waals surface area contributed by atoms with E-state index in [1.807, 2.05) is 56.1 Å². The molecule has 0 aromatic heterocycles. The third kappa shape index (κ3) is 4.59. The topological polar surface area (TPSA) is 81.6 Å². The van der Waals surface area contributed by atoms with Crippen molar-refractivity contribution in [3.05, 3.63) is 35.9 Å². The molecule has 1 atom stereocenters. The molecule has 0 radical (unpaired) electrons. The largest absolute Gasteiger partial charge is 0.377 e. The lowest BCUT2D eigenvalue weighted by atomic mass is 9.89. The summed E-state index contributed by atoms with van der Waals surface area (Å²) in [5.41, 5.74) is 11.3. The van der Waals surface area contributed by atoms with Crippen molar-refractivity contribution in [2.75, 3.05) is 26.7 Å². The Hall–Kier alpha value is -1.43. The minimum Gasteiger partial charge on any atom is -0.377 e. The maximum atomic E-state index is 11.8. The molecule has 1 aromatic rings. The molecule has 5 nitrogen and oxygen atoms in total. The van der Waals surface area contributed by atoms with E-state index in [2.05, 4.69) is 0 Å². The first-order chi connectivity index (χ1) is 9.36. The second-order valence-electron chi connectivity index (χ2n) is 5.36. The quantitative estimate of drug-likeness (QED) is 0.733. The third-order valence-corrected chi connectivity index (χ3v) is 3.17. The highest BCUT2D eigenvalue weighted by Gasteiger charge is 2.35. The van der Waals surface area contributed by atoms with Crippen LogP contribution in [0.2, 0.25) is 0 Å². The van der Waals surface area contributed by atoms with E-state index in [0.29, 0.717) is 19.7 Å². The number of hydrogen-bond donors (Lipinski definition) is 2. The minimum atomic E-state index is -1.19. The van der Waals surface area contributed by atoms with Gasteiger partial charge < -0.3 is 21.1 Å². The third-order valence-electron chi connectivity index (χ3n) is 3.17. The molecule has 0 spiro atoms. The monoisotopic (exact) mass is 279 g/mol. The van der Waals surface area contributed by atoms with Gasteiger partial charge in [0.25, 0.3) is 0 Å². The molecule has 1 aromatic carbocycles. The Labute approximate surface area is 120 Å². The fourth-order valence-electron chi connectivity index (χ4n) is 2.00. The molecule has 0 heterocycles. The summed E-state index contributed by atoms with van der Waals surface area (Å²) in [6.45, 7) is 5.62. The molecular formula is C15H25N3O2. The van der Waals surface area contributed by atoms with Gasteiger partial charge in [-0.15, -0.1) is 0 Å². The van der Waals surface area contributed by atoms with Crippen LogP contribution in [0.4, 0.5) is 0 Å². The smallest absolute Gasteiger partial charge is 0.243 e. The lowest BCUT2D eigenvalue weighted by Gasteiger charge is -2.31. The number of rotatable bonds is 8. The van der Waals surface area contributed by atoms with E-state index in [4.69, 9.17) is 16.2 Å². The van der Waals surface area contributed by atoms with Gasteiger partial charge in [-0.05, 0) is 26.5 Å². The average Bonchev–Trinajstić information content (AvgIpc) is 2.38. The summed E-state index contributed by atoms with van der Waals surface area (Å²) < 4.78 is 5.49. The van der Waals surface area contributed by atoms with Crippen LogP contribution in [0.1, 0.15) is 19.4 Å². The first-order valence-corrected chi connectivity index (χ1v) is 6.80. The Morgan fingerprint density at radius 1 is 1.35 bits per heavy atom. The van der Waals surface area contributed by atoms with Crippen LogP contribution in [-0.4, -0.2) is 43.7 Å². The summed E-state index contributed by atoms with van der Waals surface area (Å²) in [4.78, 5) is 13.7. The normalized spacial score (nSPS) is 14.5. The number of likely N-dealkylation sites (N-methyl/N-ethyl adjacent to an activating group) is 1. The summed E-state index contributed by atoms with van der Waals surface area (Å²) >= 11 is 0. The Kier molecular flexibility index (Phi) is 6.13. The summed E-state index contributed by atoms with van der Waals surface area (Å²) in [5, 5.41) is 0. The van der Waals surface area contributed by atoms with Crippen LogP contribution in [0.25, 0.3) is 0 Å². The highest BCUT2D eigenvalue weighted by atomic mass is 16.5. The number of benzene rings is 1. The molecule has 0 bridgehead atoms. The van der Waals surface area contributed by atoms with Gasteiger partial charge in [-0.25, -0.2) is 0 Å². The highest BCUT2D eigenvalue weighted by molar-refractivity contribution is 5.86. The number of ether oxygens (including phenoxy) is 1. The second-order valence-corrected chi connectivity index (χ2v) is 5.36. The van der Waals surface area contributed by atoms with Crippen LogP contribution < -0.4 is 11.5 Å². The van der Waals surface area contributed by atoms with Crippen molar-refractivity contribution >= 4 is 5.91 Å². The number of carbonyl (C=O) groups is 1. The summed E-state index contributed by atoms with van der Waals surface area (Å²) in [7, 11) is 1.90. The van der Waals surface area contributed by atoms with E-state index in [0.717, 1.165) is 5.56 Å². The molecule has 20 heavy (non-hydrogen) atoms. The Balaban J connectivity index is 2.70. The molecule has 1 amide bonds. The van der Waals surface area contributed by atoms with Crippen LogP contribution in [0.5, 0.6) is 0 Å². The van der Waals surface area contributed by atoms with Crippen LogP contribution in [0.15, 0.2) is 30.3 Å². The number of hydrogen-bond acceptors (Lipinski definition) is 4. The zero-order chi connectivity index (χ0) is 15.2. The molecule has 1 rings (SSSR count). The first-order valence-electron chi connectivity index (χ1n) is 6.80. The molecule has 0 aliphatic rings. The molecule has 112 valence electrons. The molecule has 0 saturated heterocycles. The number of primary amides is 1. The maximum absolute atomic E-state index is 11.8. The average molecular weight is 279 g/mol. The fourth-order valence-corrected chi connectivity index (χ4v) is 2.00. The van der Waals surface area contributed by atoms with Gasteiger partial charge in [0, 0.05) is 13.1 Å². The lowest BCUT2D eigenvalue weighted by Crippen LogP contribution is -2.56. The second kappa shape index (κ2) is 7.38.